The molecule has 4 heteroatoms. The highest BCUT2D eigenvalue weighted by molar-refractivity contribution is 5.87. The summed E-state index contributed by atoms with van der Waals surface area (Å²) in [5, 5.41) is 11.6. The van der Waals surface area contributed by atoms with Crippen LogP contribution < -0.4 is 5.32 Å². The molecule has 1 amide bonds. The van der Waals surface area contributed by atoms with E-state index in [1.54, 1.807) is 13.8 Å². The molecule has 92 valence electrons. The van der Waals surface area contributed by atoms with Gasteiger partial charge >= 0.3 is 5.97 Å². The maximum Gasteiger partial charge on any atom is 0.326 e. The van der Waals surface area contributed by atoms with E-state index in [2.05, 4.69) is 19.2 Å². The Bertz CT molecular complexity index is 301. The van der Waals surface area contributed by atoms with Crippen LogP contribution in [0.4, 0.5) is 0 Å². The van der Waals surface area contributed by atoms with Crippen LogP contribution in [0.25, 0.3) is 0 Å². The summed E-state index contributed by atoms with van der Waals surface area (Å²) in [7, 11) is 0. The first-order valence-corrected chi connectivity index (χ1v) is 5.85. The van der Waals surface area contributed by atoms with Crippen LogP contribution in [0.2, 0.25) is 0 Å². The Morgan fingerprint density at radius 1 is 1.50 bits per heavy atom. The van der Waals surface area contributed by atoms with Gasteiger partial charge in [0, 0.05) is 5.92 Å². The Kier molecular flexibility index (Phi) is 3.61. The number of aliphatic carboxylic acids is 1. The van der Waals surface area contributed by atoms with E-state index in [1.165, 1.54) is 0 Å². The van der Waals surface area contributed by atoms with Gasteiger partial charge in [-0.25, -0.2) is 4.79 Å². The molecule has 0 aromatic heterocycles. The van der Waals surface area contributed by atoms with Crippen molar-refractivity contribution in [1.29, 1.82) is 0 Å². The van der Waals surface area contributed by atoms with Gasteiger partial charge in [-0.05, 0) is 24.2 Å². The lowest BCUT2D eigenvalue weighted by molar-refractivity contribution is -0.143. The van der Waals surface area contributed by atoms with Crippen LogP contribution in [-0.4, -0.2) is 23.0 Å². The van der Waals surface area contributed by atoms with E-state index in [9.17, 15) is 9.59 Å². The standard InChI is InChI=1S/C12H21NO3/c1-5-12(4)6-8(12)10(14)13-9(7(2)3)11(15)16/h7-9H,5-6H2,1-4H3,(H,13,14)(H,15,16)/t8?,9-,12?/m0/s1. The first-order valence-electron chi connectivity index (χ1n) is 5.85. The van der Waals surface area contributed by atoms with E-state index in [-0.39, 0.29) is 23.2 Å². The average Bonchev–Trinajstić information content (AvgIpc) is 2.87. The Balaban J connectivity index is 2.55. The summed E-state index contributed by atoms with van der Waals surface area (Å²) >= 11 is 0. The lowest BCUT2D eigenvalue weighted by atomic mass is 10.0. The van der Waals surface area contributed by atoms with Crippen molar-refractivity contribution in [1.82, 2.24) is 5.32 Å². The van der Waals surface area contributed by atoms with Gasteiger partial charge in [-0.15, -0.1) is 0 Å². The molecular formula is C12H21NO3. The normalized spacial score (nSPS) is 29.9. The second-order valence-corrected chi connectivity index (χ2v) is 5.33. The minimum Gasteiger partial charge on any atom is -0.480 e. The fourth-order valence-corrected chi connectivity index (χ4v) is 1.97. The van der Waals surface area contributed by atoms with Gasteiger partial charge in [-0.3, -0.25) is 4.79 Å². The van der Waals surface area contributed by atoms with Crippen molar-refractivity contribution in [3.8, 4) is 0 Å². The largest absolute Gasteiger partial charge is 0.480 e. The third kappa shape index (κ3) is 2.54. The third-order valence-electron chi connectivity index (χ3n) is 3.71. The van der Waals surface area contributed by atoms with E-state index in [0.717, 1.165) is 12.8 Å². The number of hydrogen-bond acceptors (Lipinski definition) is 2. The highest BCUT2D eigenvalue weighted by atomic mass is 16.4. The van der Waals surface area contributed by atoms with Crippen LogP contribution in [-0.2, 0) is 9.59 Å². The molecule has 0 spiro atoms. The molecule has 2 N–H and O–H groups in total. The number of rotatable bonds is 5. The van der Waals surface area contributed by atoms with Gasteiger partial charge in [0.25, 0.3) is 0 Å². The van der Waals surface area contributed by atoms with Crippen molar-refractivity contribution in [2.75, 3.05) is 0 Å². The highest BCUT2D eigenvalue weighted by Gasteiger charge is 2.53. The number of carbonyl (C=O) groups is 2. The second kappa shape index (κ2) is 4.44. The molecule has 1 rings (SSSR count). The van der Waals surface area contributed by atoms with Gasteiger partial charge in [0.2, 0.25) is 5.91 Å². The smallest absolute Gasteiger partial charge is 0.326 e. The van der Waals surface area contributed by atoms with Gasteiger partial charge in [0.05, 0.1) is 0 Å². The van der Waals surface area contributed by atoms with E-state index >= 15 is 0 Å². The predicted octanol–water partition coefficient (Wildman–Crippen LogP) is 1.65. The maximum atomic E-state index is 11.8. The molecule has 0 heterocycles. The molecule has 4 nitrogen and oxygen atoms in total. The van der Waals surface area contributed by atoms with Crippen LogP contribution in [0.1, 0.15) is 40.5 Å². The summed E-state index contributed by atoms with van der Waals surface area (Å²) in [6.45, 7) is 7.72. The summed E-state index contributed by atoms with van der Waals surface area (Å²) < 4.78 is 0. The number of carboxylic acids is 1. The topological polar surface area (TPSA) is 66.4 Å². The molecule has 0 bridgehead atoms. The number of hydrogen-bond donors (Lipinski definition) is 2. The van der Waals surface area contributed by atoms with Gasteiger partial charge in [0.1, 0.15) is 6.04 Å². The van der Waals surface area contributed by atoms with E-state index in [4.69, 9.17) is 5.11 Å². The zero-order valence-electron chi connectivity index (χ0n) is 10.4. The van der Waals surface area contributed by atoms with Crippen LogP contribution in [0.15, 0.2) is 0 Å². The molecule has 1 aliphatic rings. The van der Waals surface area contributed by atoms with E-state index in [1.807, 2.05) is 0 Å². The van der Waals surface area contributed by atoms with E-state index in [0.29, 0.717) is 0 Å². The van der Waals surface area contributed by atoms with Gasteiger partial charge in [0.15, 0.2) is 0 Å². The van der Waals surface area contributed by atoms with Crippen LogP contribution in [0, 0.1) is 17.3 Å². The quantitative estimate of drug-likeness (QED) is 0.750. The molecule has 1 aliphatic carbocycles. The molecular weight excluding hydrogens is 206 g/mol. The zero-order valence-corrected chi connectivity index (χ0v) is 10.4. The lowest BCUT2D eigenvalue weighted by Crippen LogP contribution is -2.45. The first kappa shape index (κ1) is 13.0. The molecule has 0 aliphatic heterocycles. The van der Waals surface area contributed by atoms with Crippen LogP contribution in [0.3, 0.4) is 0 Å². The number of carbonyl (C=O) groups excluding carboxylic acids is 1. The number of amides is 1. The fraction of sp³-hybridized carbons (Fsp3) is 0.833. The lowest BCUT2D eigenvalue weighted by Gasteiger charge is -2.18. The summed E-state index contributed by atoms with van der Waals surface area (Å²) in [5.74, 6) is -1.15. The van der Waals surface area contributed by atoms with Crippen molar-refractivity contribution in [2.24, 2.45) is 17.3 Å². The van der Waals surface area contributed by atoms with Crippen molar-refractivity contribution in [2.45, 2.75) is 46.6 Å². The molecule has 0 aromatic carbocycles. The molecule has 2 unspecified atom stereocenters. The highest BCUT2D eigenvalue weighted by Crippen LogP contribution is 2.54. The van der Waals surface area contributed by atoms with Crippen molar-refractivity contribution >= 4 is 11.9 Å². The molecule has 0 aromatic rings. The van der Waals surface area contributed by atoms with Crippen LogP contribution in [0.5, 0.6) is 0 Å². The zero-order chi connectivity index (χ0) is 12.5. The molecule has 0 saturated heterocycles. The summed E-state index contributed by atoms with van der Waals surface area (Å²) in [6.07, 6.45) is 1.84. The van der Waals surface area contributed by atoms with Gasteiger partial charge < -0.3 is 10.4 Å². The molecule has 16 heavy (non-hydrogen) atoms. The first-order chi connectivity index (χ1) is 7.31. The Hall–Kier alpha value is -1.06. The summed E-state index contributed by atoms with van der Waals surface area (Å²) in [6, 6.07) is -0.769. The Morgan fingerprint density at radius 2 is 2.06 bits per heavy atom. The van der Waals surface area contributed by atoms with Crippen molar-refractivity contribution in [3.63, 3.8) is 0 Å². The molecule has 3 atom stereocenters. The predicted molar refractivity (Wildman–Crippen MR) is 60.9 cm³/mol. The average molecular weight is 227 g/mol. The van der Waals surface area contributed by atoms with Crippen molar-refractivity contribution < 1.29 is 14.7 Å². The van der Waals surface area contributed by atoms with Gasteiger partial charge in [-0.2, -0.15) is 0 Å². The maximum absolute atomic E-state index is 11.8. The third-order valence-corrected chi connectivity index (χ3v) is 3.71. The molecule has 1 saturated carbocycles. The molecule has 0 radical (unpaired) electrons. The van der Waals surface area contributed by atoms with Gasteiger partial charge in [-0.1, -0.05) is 27.7 Å². The summed E-state index contributed by atoms with van der Waals surface area (Å²) in [4.78, 5) is 22.8. The minimum absolute atomic E-state index is 0.00176. The Morgan fingerprint density at radius 3 is 2.38 bits per heavy atom. The monoisotopic (exact) mass is 227 g/mol. The number of carboxylic acid groups (broad SMARTS) is 1. The minimum atomic E-state index is -0.956. The molecule has 1 fully saturated rings. The van der Waals surface area contributed by atoms with Crippen LogP contribution >= 0.6 is 0 Å². The SMILES string of the molecule is CCC1(C)CC1C(=O)N[C@H](C(=O)O)C(C)C. The summed E-state index contributed by atoms with van der Waals surface area (Å²) in [5.41, 5.74) is 0.0874. The Labute approximate surface area is 96.4 Å². The fourth-order valence-electron chi connectivity index (χ4n) is 1.97. The van der Waals surface area contributed by atoms with E-state index < -0.39 is 12.0 Å². The number of nitrogens with one attached hydrogen (secondary N) is 1. The second-order valence-electron chi connectivity index (χ2n) is 5.33. The van der Waals surface area contributed by atoms with Crippen molar-refractivity contribution in [3.05, 3.63) is 0 Å².